The van der Waals surface area contributed by atoms with Crippen LogP contribution in [0.2, 0.25) is 0 Å². The van der Waals surface area contributed by atoms with Gasteiger partial charge in [-0.15, -0.1) is 0 Å². The van der Waals surface area contributed by atoms with Crippen molar-refractivity contribution in [2.24, 2.45) is 5.73 Å². The number of nitrogens with two attached hydrogens (primary N) is 1. The number of rotatable bonds is 2. The number of hydrogen-bond acceptors (Lipinski definition) is 5. The summed E-state index contributed by atoms with van der Waals surface area (Å²) in [6.45, 7) is 0. The van der Waals surface area contributed by atoms with Gasteiger partial charge in [0.05, 0.1) is 11.4 Å². The van der Waals surface area contributed by atoms with Crippen molar-refractivity contribution >= 4 is 11.7 Å². The van der Waals surface area contributed by atoms with Crippen LogP contribution in [0.15, 0.2) is 41.7 Å². The molecule has 6 nitrogen and oxygen atoms in total. The average molecular weight is 312 g/mol. The highest BCUT2D eigenvalue weighted by atomic mass is 19.1. The topological polar surface area (TPSA) is 113 Å². The van der Waals surface area contributed by atoms with Crippen molar-refractivity contribution in [3.63, 3.8) is 0 Å². The van der Waals surface area contributed by atoms with E-state index in [-0.39, 0.29) is 22.8 Å². The summed E-state index contributed by atoms with van der Waals surface area (Å²) in [6.07, 6.45) is 2.50. The van der Waals surface area contributed by atoms with Crippen molar-refractivity contribution in [3.05, 3.63) is 58.8 Å². The number of carbonyl (C=O) groups is 1. The van der Waals surface area contributed by atoms with Crippen molar-refractivity contribution in [1.29, 1.82) is 5.41 Å². The highest BCUT2D eigenvalue weighted by Gasteiger charge is 2.25. The van der Waals surface area contributed by atoms with Gasteiger partial charge >= 0.3 is 5.97 Å². The molecule has 0 unspecified atom stereocenters. The molecule has 1 aliphatic rings. The third-order valence-electron chi connectivity index (χ3n) is 3.71. The predicted octanol–water partition coefficient (Wildman–Crippen LogP) is 1.89. The normalized spacial score (nSPS) is 16.0. The highest BCUT2D eigenvalue weighted by Crippen LogP contribution is 2.26. The first kappa shape index (κ1) is 14.8. The Balaban J connectivity index is 2.06. The van der Waals surface area contributed by atoms with Crippen LogP contribution < -0.4 is 5.73 Å². The van der Waals surface area contributed by atoms with Gasteiger partial charge in [0.25, 0.3) is 0 Å². The number of nitrogens with zero attached hydrogens (tertiary/aromatic N) is 2. The van der Waals surface area contributed by atoms with Crippen LogP contribution in [0.4, 0.5) is 4.39 Å². The number of benzene rings is 1. The van der Waals surface area contributed by atoms with Gasteiger partial charge in [0.2, 0.25) is 0 Å². The average Bonchev–Trinajstić information content (AvgIpc) is 2.55. The Morgan fingerprint density at radius 2 is 1.96 bits per heavy atom. The maximum absolute atomic E-state index is 13.0. The molecule has 0 bridgehead atoms. The lowest BCUT2D eigenvalue weighted by molar-refractivity contribution is -0.132. The van der Waals surface area contributed by atoms with Gasteiger partial charge in [0.15, 0.2) is 5.82 Å². The van der Waals surface area contributed by atoms with Crippen molar-refractivity contribution in [3.8, 4) is 11.4 Å². The Morgan fingerprint density at radius 1 is 1.26 bits per heavy atom. The van der Waals surface area contributed by atoms with E-state index in [4.69, 9.17) is 16.2 Å². The number of carboxylic acid groups (broad SMARTS) is 1. The SMILES string of the molecule is N=C1C(=C(N)C(=O)O)CCc2cnc(-c3ccc(F)cc3)nc21. The number of aryl methyl sites for hydroxylation is 1. The summed E-state index contributed by atoms with van der Waals surface area (Å²) in [4.78, 5) is 19.6. The maximum atomic E-state index is 13.0. The first-order valence-corrected chi connectivity index (χ1v) is 6.90. The van der Waals surface area contributed by atoms with Crippen LogP contribution >= 0.6 is 0 Å². The Bertz CT molecular complexity index is 844. The van der Waals surface area contributed by atoms with Crippen molar-refractivity contribution in [2.75, 3.05) is 0 Å². The Hall–Kier alpha value is -3.09. The second kappa shape index (κ2) is 5.60. The van der Waals surface area contributed by atoms with Gasteiger partial charge in [-0.2, -0.15) is 0 Å². The molecule has 1 aromatic heterocycles. The standard InChI is InChI=1S/C16H13FN4O2/c17-10-4-1-8(2-5-10)15-20-7-9-3-6-11(13(19)16(22)23)12(18)14(9)21-15/h1-2,4-5,7,18H,3,6,19H2,(H,22,23). The molecule has 0 saturated heterocycles. The summed E-state index contributed by atoms with van der Waals surface area (Å²) >= 11 is 0. The van der Waals surface area contributed by atoms with E-state index in [1.54, 1.807) is 18.3 Å². The van der Waals surface area contributed by atoms with E-state index in [1.807, 2.05) is 0 Å². The monoisotopic (exact) mass is 312 g/mol. The molecule has 23 heavy (non-hydrogen) atoms. The Morgan fingerprint density at radius 3 is 2.61 bits per heavy atom. The molecule has 1 heterocycles. The van der Waals surface area contributed by atoms with Crippen LogP contribution in [0, 0.1) is 11.2 Å². The minimum absolute atomic E-state index is 0.00286. The molecule has 0 saturated carbocycles. The van der Waals surface area contributed by atoms with Crippen LogP contribution in [0.25, 0.3) is 11.4 Å². The largest absolute Gasteiger partial charge is 0.477 e. The van der Waals surface area contributed by atoms with Crippen LogP contribution in [0.1, 0.15) is 17.7 Å². The molecular weight excluding hydrogens is 299 g/mol. The Kier molecular flexibility index (Phi) is 3.61. The third-order valence-corrected chi connectivity index (χ3v) is 3.71. The quantitative estimate of drug-likeness (QED) is 0.733. The lowest BCUT2D eigenvalue weighted by Gasteiger charge is -2.20. The van der Waals surface area contributed by atoms with Crippen LogP contribution in [0.3, 0.4) is 0 Å². The Labute approximate surface area is 131 Å². The number of allylic oxidation sites excluding steroid dienone is 1. The number of aromatic nitrogens is 2. The van der Waals surface area contributed by atoms with E-state index in [0.29, 0.717) is 29.9 Å². The fraction of sp³-hybridized carbons (Fsp3) is 0.125. The molecule has 3 rings (SSSR count). The minimum atomic E-state index is -1.25. The number of fused-ring (bicyclic) bond motifs is 1. The molecule has 116 valence electrons. The van der Waals surface area contributed by atoms with Crippen molar-refractivity contribution < 1.29 is 14.3 Å². The van der Waals surface area contributed by atoms with E-state index >= 15 is 0 Å². The summed E-state index contributed by atoms with van der Waals surface area (Å²) < 4.78 is 13.0. The van der Waals surface area contributed by atoms with Gasteiger partial charge in [0, 0.05) is 17.3 Å². The van der Waals surface area contributed by atoms with E-state index in [1.165, 1.54) is 12.1 Å². The molecule has 0 aliphatic heterocycles. The van der Waals surface area contributed by atoms with E-state index in [0.717, 1.165) is 5.56 Å². The zero-order valence-electron chi connectivity index (χ0n) is 12.0. The first-order chi connectivity index (χ1) is 11.0. The summed E-state index contributed by atoms with van der Waals surface area (Å²) in [5, 5.41) is 17.2. The molecule has 0 atom stereocenters. The summed E-state index contributed by atoms with van der Waals surface area (Å²) in [6, 6.07) is 5.70. The van der Waals surface area contributed by atoms with E-state index in [2.05, 4.69) is 9.97 Å². The van der Waals surface area contributed by atoms with Gasteiger partial charge in [-0.1, -0.05) is 0 Å². The summed E-state index contributed by atoms with van der Waals surface area (Å²) in [7, 11) is 0. The highest BCUT2D eigenvalue weighted by molar-refractivity contribution is 6.14. The van der Waals surface area contributed by atoms with Crippen LogP contribution in [-0.2, 0) is 11.2 Å². The van der Waals surface area contributed by atoms with Gasteiger partial charge < -0.3 is 10.8 Å². The van der Waals surface area contributed by atoms with E-state index in [9.17, 15) is 9.18 Å². The molecule has 0 amide bonds. The fourth-order valence-corrected chi connectivity index (χ4v) is 2.47. The minimum Gasteiger partial charge on any atom is -0.477 e. The fourth-order valence-electron chi connectivity index (χ4n) is 2.47. The molecule has 4 N–H and O–H groups in total. The molecule has 0 radical (unpaired) electrons. The van der Waals surface area contributed by atoms with Crippen LogP contribution in [0.5, 0.6) is 0 Å². The number of hydrogen-bond donors (Lipinski definition) is 3. The van der Waals surface area contributed by atoms with Gasteiger partial charge in [-0.05, 0) is 42.7 Å². The summed E-state index contributed by atoms with van der Waals surface area (Å²) in [5.41, 5.74) is 7.24. The second-order valence-electron chi connectivity index (χ2n) is 5.15. The molecule has 1 aliphatic carbocycles. The van der Waals surface area contributed by atoms with Gasteiger partial charge in [0.1, 0.15) is 11.5 Å². The predicted molar refractivity (Wildman–Crippen MR) is 81.4 cm³/mol. The third kappa shape index (κ3) is 2.68. The van der Waals surface area contributed by atoms with E-state index < -0.39 is 5.97 Å². The van der Waals surface area contributed by atoms with Crippen molar-refractivity contribution in [2.45, 2.75) is 12.8 Å². The smallest absolute Gasteiger partial charge is 0.352 e. The number of halogens is 1. The van der Waals surface area contributed by atoms with Gasteiger partial charge in [-0.25, -0.2) is 19.2 Å². The number of carboxylic acids is 1. The number of nitrogens with one attached hydrogen (secondary N) is 1. The number of aliphatic carboxylic acids is 1. The maximum Gasteiger partial charge on any atom is 0.352 e. The van der Waals surface area contributed by atoms with Gasteiger partial charge in [-0.3, -0.25) is 5.41 Å². The molecule has 7 heteroatoms. The lowest BCUT2D eigenvalue weighted by atomic mass is 9.89. The zero-order chi connectivity index (χ0) is 16.6. The molecule has 1 aromatic carbocycles. The van der Waals surface area contributed by atoms with Crippen LogP contribution in [-0.4, -0.2) is 26.8 Å². The second-order valence-corrected chi connectivity index (χ2v) is 5.15. The summed E-state index contributed by atoms with van der Waals surface area (Å²) in [5.74, 6) is -1.26. The molecular formula is C16H13FN4O2. The zero-order valence-corrected chi connectivity index (χ0v) is 12.0. The molecule has 0 fully saturated rings. The molecule has 2 aromatic rings. The first-order valence-electron chi connectivity index (χ1n) is 6.90. The molecule has 0 spiro atoms. The lowest BCUT2D eigenvalue weighted by Crippen LogP contribution is -2.24. The van der Waals surface area contributed by atoms with Crippen molar-refractivity contribution in [1.82, 2.24) is 9.97 Å².